The van der Waals surface area contributed by atoms with E-state index in [-0.39, 0.29) is 35.4 Å². The first-order chi connectivity index (χ1) is 16.4. The summed E-state index contributed by atoms with van der Waals surface area (Å²) in [6.07, 6.45) is -1.59. The lowest BCUT2D eigenvalue weighted by Gasteiger charge is -2.70. The Morgan fingerprint density at radius 1 is 1.00 bits per heavy atom. The van der Waals surface area contributed by atoms with E-state index in [4.69, 9.17) is 0 Å². The molecule has 3 fully saturated rings. The molecule has 0 radical (unpaired) electrons. The molecule has 1 aromatic heterocycles. The maximum Gasteiger partial charge on any atom is 0.394 e. The number of aryl methyl sites for hydroxylation is 1. The van der Waals surface area contributed by atoms with E-state index in [0.717, 1.165) is 0 Å². The van der Waals surface area contributed by atoms with Crippen molar-refractivity contribution in [1.29, 1.82) is 0 Å². The number of rotatable bonds is 6. The van der Waals surface area contributed by atoms with Gasteiger partial charge in [-0.25, -0.2) is 18.4 Å². The summed E-state index contributed by atoms with van der Waals surface area (Å²) in [5.74, 6) is -0.169. The molecule has 182 valence electrons. The molecule has 11 heteroatoms. The van der Waals surface area contributed by atoms with E-state index in [1.807, 2.05) is 0 Å². The number of hydrogen-bond donors (Lipinski definition) is 2. The van der Waals surface area contributed by atoms with Gasteiger partial charge < -0.3 is 5.32 Å². The molecule has 0 saturated heterocycles. The summed E-state index contributed by atoms with van der Waals surface area (Å²) < 4.78 is 68.0. The maximum atomic E-state index is 13.1. The third kappa shape index (κ3) is 4.03. The van der Waals surface area contributed by atoms with Gasteiger partial charge in [-0.3, -0.25) is 9.52 Å². The van der Waals surface area contributed by atoms with E-state index in [0.29, 0.717) is 17.0 Å². The molecule has 35 heavy (non-hydrogen) atoms. The Hall–Kier alpha value is -3.47. The highest BCUT2D eigenvalue weighted by Crippen LogP contribution is 2.73. The fourth-order valence-corrected chi connectivity index (χ4v) is 5.98. The number of aromatic nitrogens is 2. The summed E-state index contributed by atoms with van der Waals surface area (Å²) in [5.41, 5.74) is -1.15. The summed E-state index contributed by atoms with van der Waals surface area (Å²) >= 11 is 0. The Labute approximate surface area is 199 Å². The van der Waals surface area contributed by atoms with Crippen molar-refractivity contribution in [3.63, 3.8) is 0 Å². The highest BCUT2D eigenvalue weighted by Gasteiger charge is 2.79. The quantitative estimate of drug-likeness (QED) is 0.518. The van der Waals surface area contributed by atoms with E-state index in [1.165, 1.54) is 24.3 Å². The van der Waals surface area contributed by atoms with Crippen LogP contribution in [0.4, 0.5) is 18.9 Å². The summed E-state index contributed by atoms with van der Waals surface area (Å²) in [5, 5.41) is 2.70. The second-order valence-corrected chi connectivity index (χ2v) is 11.0. The molecule has 0 atom stereocenters. The number of nitrogens with one attached hydrogen (secondary N) is 2. The smallest absolute Gasteiger partial charge is 0.346 e. The van der Waals surface area contributed by atoms with Gasteiger partial charge in [-0.2, -0.15) is 13.2 Å². The molecule has 3 aromatic rings. The standard InChI is InChI=1S/C24H21F3N4O3S/c1-15-3-8-18(21(32)30-23-12-22(13-23,14-23)24(25,26)27)19(11-15)31-35(33,34)17-6-4-16(5-7-17)20-28-9-2-10-29-20/h2-11,31H,12-14H2,1H3,(H,30,32). The first-order valence-electron chi connectivity index (χ1n) is 10.8. The van der Waals surface area contributed by atoms with Crippen molar-refractivity contribution in [3.05, 3.63) is 72.1 Å². The predicted octanol–water partition coefficient (Wildman–Crippen LogP) is 4.47. The van der Waals surface area contributed by atoms with Gasteiger partial charge in [-0.05, 0) is 74.2 Å². The van der Waals surface area contributed by atoms with Gasteiger partial charge in [0.15, 0.2) is 5.82 Å². The Morgan fingerprint density at radius 3 is 2.23 bits per heavy atom. The van der Waals surface area contributed by atoms with E-state index >= 15 is 0 Å². The number of alkyl halides is 3. The number of halogens is 3. The van der Waals surface area contributed by atoms with Crippen molar-refractivity contribution in [1.82, 2.24) is 15.3 Å². The van der Waals surface area contributed by atoms with E-state index < -0.39 is 33.1 Å². The van der Waals surface area contributed by atoms with Crippen molar-refractivity contribution < 1.29 is 26.4 Å². The van der Waals surface area contributed by atoms with Crippen LogP contribution in [0.5, 0.6) is 0 Å². The molecule has 1 heterocycles. The second-order valence-electron chi connectivity index (χ2n) is 9.29. The number of carbonyl (C=O) groups is 1. The van der Waals surface area contributed by atoms with Crippen LogP contribution in [-0.4, -0.2) is 36.0 Å². The summed E-state index contributed by atoms with van der Waals surface area (Å²) in [7, 11) is -4.06. The molecule has 0 spiro atoms. The number of hydrogen-bond acceptors (Lipinski definition) is 5. The fourth-order valence-electron chi connectivity index (χ4n) is 4.90. The lowest BCUT2D eigenvalue weighted by Crippen LogP contribution is -2.78. The highest BCUT2D eigenvalue weighted by molar-refractivity contribution is 7.92. The number of benzene rings is 2. The van der Waals surface area contributed by atoms with Gasteiger partial charge in [0.25, 0.3) is 15.9 Å². The predicted molar refractivity (Wildman–Crippen MR) is 122 cm³/mol. The zero-order valence-electron chi connectivity index (χ0n) is 18.6. The number of sulfonamides is 1. The average molecular weight is 503 g/mol. The SMILES string of the molecule is Cc1ccc(C(=O)NC23CC(C(F)(F)F)(C2)C3)c(NS(=O)(=O)c2ccc(-c3ncccn3)cc2)c1. The molecule has 2 aromatic carbocycles. The molecular formula is C24H21F3N4O3S. The van der Waals surface area contributed by atoms with Crippen LogP contribution in [0.1, 0.15) is 35.2 Å². The zero-order valence-corrected chi connectivity index (χ0v) is 19.4. The third-order valence-corrected chi connectivity index (χ3v) is 8.04. The van der Waals surface area contributed by atoms with Crippen molar-refractivity contribution in [2.24, 2.45) is 5.41 Å². The highest BCUT2D eigenvalue weighted by atomic mass is 32.2. The lowest BCUT2D eigenvalue weighted by atomic mass is 9.39. The largest absolute Gasteiger partial charge is 0.394 e. The first kappa shape index (κ1) is 23.3. The molecule has 0 unspecified atom stereocenters. The number of anilines is 1. The van der Waals surface area contributed by atoms with E-state index in [1.54, 1.807) is 43.6 Å². The van der Waals surface area contributed by atoms with E-state index in [9.17, 15) is 26.4 Å². The van der Waals surface area contributed by atoms with Gasteiger partial charge in [0, 0.05) is 23.5 Å². The van der Waals surface area contributed by atoms with Crippen LogP contribution >= 0.6 is 0 Å². The first-order valence-corrected chi connectivity index (χ1v) is 12.3. The lowest BCUT2D eigenvalue weighted by molar-refractivity contribution is -0.336. The molecule has 0 aliphatic heterocycles. The van der Waals surface area contributed by atoms with Crippen molar-refractivity contribution in [2.75, 3.05) is 4.72 Å². The minimum absolute atomic E-state index is 0.0309. The van der Waals surface area contributed by atoms with Crippen LogP contribution < -0.4 is 10.0 Å². The molecule has 2 N–H and O–H groups in total. The van der Waals surface area contributed by atoms with Crippen LogP contribution in [0, 0.1) is 12.3 Å². The molecule has 2 bridgehead atoms. The Kier molecular flexibility index (Phi) is 5.17. The van der Waals surface area contributed by atoms with Gasteiger partial charge in [-0.1, -0.05) is 6.07 Å². The fraction of sp³-hybridized carbons (Fsp3) is 0.292. The zero-order chi connectivity index (χ0) is 25.1. The number of nitrogens with zero attached hydrogens (tertiary/aromatic N) is 2. The number of carbonyl (C=O) groups excluding carboxylic acids is 1. The van der Waals surface area contributed by atoms with Gasteiger partial charge in [0.05, 0.1) is 21.6 Å². The molecule has 3 aliphatic carbocycles. The summed E-state index contributed by atoms with van der Waals surface area (Å²) in [6.45, 7) is 1.74. The van der Waals surface area contributed by atoms with Gasteiger partial charge >= 0.3 is 6.18 Å². The maximum absolute atomic E-state index is 13.1. The molecular weight excluding hydrogens is 481 g/mol. The molecule has 3 aliphatic rings. The molecule has 1 amide bonds. The van der Waals surface area contributed by atoms with Crippen LogP contribution in [0.3, 0.4) is 0 Å². The van der Waals surface area contributed by atoms with E-state index in [2.05, 4.69) is 20.0 Å². The minimum Gasteiger partial charge on any atom is -0.346 e. The van der Waals surface area contributed by atoms with Crippen molar-refractivity contribution in [2.45, 2.75) is 42.8 Å². The van der Waals surface area contributed by atoms with Crippen molar-refractivity contribution in [3.8, 4) is 11.4 Å². The summed E-state index contributed by atoms with van der Waals surface area (Å²) in [4.78, 5) is 21.2. The van der Waals surface area contributed by atoms with Crippen LogP contribution in [0.25, 0.3) is 11.4 Å². The third-order valence-electron chi connectivity index (χ3n) is 6.66. The Balaban J connectivity index is 1.34. The summed E-state index contributed by atoms with van der Waals surface area (Å²) in [6, 6.07) is 12.2. The normalized spacial score (nSPS) is 23.1. The Morgan fingerprint density at radius 2 is 1.63 bits per heavy atom. The monoisotopic (exact) mass is 502 g/mol. The average Bonchev–Trinajstić information content (AvgIpc) is 2.75. The van der Waals surface area contributed by atoms with Crippen LogP contribution in [0.15, 0.2) is 65.8 Å². The number of amides is 1. The molecule has 3 saturated carbocycles. The van der Waals surface area contributed by atoms with Crippen LogP contribution in [0.2, 0.25) is 0 Å². The van der Waals surface area contributed by atoms with Crippen LogP contribution in [-0.2, 0) is 10.0 Å². The minimum atomic E-state index is -4.29. The van der Waals surface area contributed by atoms with Gasteiger partial charge in [-0.15, -0.1) is 0 Å². The second kappa shape index (κ2) is 7.77. The topological polar surface area (TPSA) is 101 Å². The van der Waals surface area contributed by atoms with Gasteiger partial charge in [0.2, 0.25) is 0 Å². The van der Waals surface area contributed by atoms with Gasteiger partial charge in [0.1, 0.15) is 0 Å². The Bertz CT molecular complexity index is 1390. The molecule has 7 nitrogen and oxygen atoms in total. The van der Waals surface area contributed by atoms with Crippen molar-refractivity contribution >= 4 is 21.6 Å². The molecule has 6 rings (SSSR count).